The molecule has 1 aromatic carbocycles. The summed E-state index contributed by atoms with van der Waals surface area (Å²) in [5.41, 5.74) is 13.4. The Bertz CT molecular complexity index is 653. The van der Waals surface area contributed by atoms with Crippen LogP contribution in [0.2, 0.25) is 0 Å². The largest absolute Gasteiger partial charge is 0.370 e. The van der Waals surface area contributed by atoms with Crippen LogP contribution in [0.25, 0.3) is 0 Å². The molecule has 2 aliphatic heterocycles. The van der Waals surface area contributed by atoms with Gasteiger partial charge in [0.2, 0.25) is 11.8 Å². The summed E-state index contributed by atoms with van der Waals surface area (Å²) in [5, 5.41) is 0. The van der Waals surface area contributed by atoms with Gasteiger partial charge in [0.1, 0.15) is 6.04 Å². The van der Waals surface area contributed by atoms with Crippen molar-refractivity contribution in [3.8, 4) is 0 Å². The number of nitrogens with zero attached hydrogens (tertiary/aromatic N) is 2. The van der Waals surface area contributed by atoms with Gasteiger partial charge in [0, 0.05) is 30.1 Å². The molecule has 3 fully saturated rings. The predicted molar refractivity (Wildman–Crippen MR) is 86.6 cm³/mol. The quantitative estimate of drug-likeness (QED) is 0.836. The fraction of sp³-hybridized carbons (Fsp3) is 0.529. The third kappa shape index (κ3) is 2.33. The topological polar surface area (TPSA) is 92.7 Å². The van der Waals surface area contributed by atoms with Gasteiger partial charge in [0.05, 0.1) is 6.67 Å². The lowest BCUT2D eigenvalue weighted by Gasteiger charge is -2.20. The fourth-order valence-electron chi connectivity index (χ4n) is 4.05. The van der Waals surface area contributed by atoms with Crippen molar-refractivity contribution in [2.75, 3.05) is 18.1 Å². The fourth-order valence-corrected chi connectivity index (χ4v) is 4.05. The van der Waals surface area contributed by atoms with E-state index in [1.54, 1.807) is 4.90 Å². The molecule has 6 nitrogen and oxygen atoms in total. The molecule has 2 atom stereocenters. The van der Waals surface area contributed by atoms with Crippen LogP contribution >= 0.6 is 0 Å². The number of primary amides is 1. The van der Waals surface area contributed by atoms with Crippen LogP contribution in [0.5, 0.6) is 0 Å². The Hall–Kier alpha value is -1.92. The third-order valence-corrected chi connectivity index (χ3v) is 5.55. The maximum atomic E-state index is 12.6. The van der Waals surface area contributed by atoms with Crippen LogP contribution in [-0.4, -0.2) is 42.0 Å². The third-order valence-electron chi connectivity index (χ3n) is 5.55. The Kier molecular flexibility index (Phi) is 3.21. The number of rotatable bonds is 4. The van der Waals surface area contributed by atoms with Gasteiger partial charge in [-0.25, -0.2) is 0 Å². The normalized spacial score (nSPS) is 28.9. The average Bonchev–Trinajstić information content (AvgIpc) is 3.08. The first-order valence-corrected chi connectivity index (χ1v) is 8.20. The lowest BCUT2D eigenvalue weighted by atomic mass is 9.92. The average molecular weight is 314 g/mol. The first-order chi connectivity index (χ1) is 11.0. The van der Waals surface area contributed by atoms with E-state index in [4.69, 9.17) is 11.5 Å². The number of anilines is 1. The summed E-state index contributed by atoms with van der Waals surface area (Å²) in [5.74, 6) is -0.156. The molecule has 0 aromatic heterocycles. The minimum atomic E-state index is -0.254. The zero-order valence-electron chi connectivity index (χ0n) is 13.1. The Morgan fingerprint density at radius 3 is 2.52 bits per heavy atom. The second-order valence-electron chi connectivity index (χ2n) is 7.09. The summed E-state index contributed by atoms with van der Waals surface area (Å²) in [6, 6.07) is 7.78. The van der Waals surface area contributed by atoms with Crippen LogP contribution in [0.4, 0.5) is 5.69 Å². The molecule has 1 aliphatic carbocycles. The molecule has 23 heavy (non-hydrogen) atoms. The highest BCUT2D eigenvalue weighted by Crippen LogP contribution is 2.51. The van der Waals surface area contributed by atoms with Gasteiger partial charge in [0.25, 0.3) is 0 Å². The van der Waals surface area contributed by atoms with E-state index < -0.39 is 0 Å². The lowest BCUT2D eigenvalue weighted by Crippen LogP contribution is -2.41. The highest BCUT2D eigenvalue weighted by Gasteiger charge is 2.47. The first kappa shape index (κ1) is 14.7. The highest BCUT2D eigenvalue weighted by molar-refractivity contribution is 6.00. The molecular formula is C17H22N4O2. The minimum Gasteiger partial charge on any atom is -0.370 e. The molecule has 1 saturated carbocycles. The molecule has 2 heterocycles. The second-order valence-corrected chi connectivity index (χ2v) is 7.09. The molecular weight excluding hydrogens is 292 g/mol. The zero-order valence-corrected chi connectivity index (χ0v) is 13.1. The lowest BCUT2D eigenvalue weighted by molar-refractivity contribution is -0.120. The van der Waals surface area contributed by atoms with Gasteiger partial charge < -0.3 is 11.5 Å². The van der Waals surface area contributed by atoms with E-state index in [0.29, 0.717) is 13.1 Å². The number of carbonyl (C=O) groups excluding carboxylic acids is 2. The summed E-state index contributed by atoms with van der Waals surface area (Å²) >= 11 is 0. The number of carbonyl (C=O) groups is 2. The summed E-state index contributed by atoms with van der Waals surface area (Å²) in [4.78, 5) is 27.8. The van der Waals surface area contributed by atoms with E-state index in [1.165, 1.54) is 0 Å². The monoisotopic (exact) mass is 314 g/mol. The smallest absolute Gasteiger partial charge is 0.247 e. The van der Waals surface area contributed by atoms with Gasteiger partial charge in [-0.05, 0) is 37.0 Å². The molecule has 0 radical (unpaired) electrons. The van der Waals surface area contributed by atoms with Gasteiger partial charge in [-0.3, -0.25) is 19.4 Å². The van der Waals surface area contributed by atoms with E-state index in [1.807, 2.05) is 24.3 Å². The molecule has 0 bridgehead atoms. The van der Waals surface area contributed by atoms with Crippen molar-refractivity contribution >= 4 is 17.5 Å². The summed E-state index contributed by atoms with van der Waals surface area (Å²) in [6.07, 6.45) is 3.30. The Morgan fingerprint density at radius 1 is 1.26 bits per heavy atom. The summed E-state index contributed by atoms with van der Waals surface area (Å²) in [6.45, 7) is 1.50. The maximum Gasteiger partial charge on any atom is 0.247 e. The molecule has 4 N–H and O–H groups in total. The number of fused-ring (bicyclic) bond motifs is 1. The van der Waals surface area contributed by atoms with Crippen molar-refractivity contribution in [3.05, 3.63) is 29.8 Å². The molecule has 1 aromatic rings. The Labute approximate surface area is 135 Å². The van der Waals surface area contributed by atoms with Crippen molar-refractivity contribution in [1.82, 2.24) is 4.90 Å². The van der Waals surface area contributed by atoms with Gasteiger partial charge in [-0.1, -0.05) is 12.1 Å². The number of hydrogen-bond acceptors (Lipinski definition) is 4. The minimum absolute atomic E-state index is 0.0583. The zero-order chi connectivity index (χ0) is 16.2. The number of nitrogens with two attached hydrogens (primary N) is 2. The summed E-state index contributed by atoms with van der Waals surface area (Å²) in [7, 11) is 0. The van der Waals surface area contributed by atoms with Gasteiger partial charge in [-0.15, -0.1) is 0 Å². The Morgan fingerprint density at radius 2 is 1.96 bits per heavy atom. The van der Waals surface area contributed by atoms with E-state index in [9.17, 15) is 9.59 Å². The number of benzene rings is 1. The van der Waals surface area contributed by atoms with Crippen molar-refractivity contribution in [3.63, 3.8) is 0 Å². The predicted octanol–water partition coefficient (Wildman–Crippen LogP) is 0.299. The van der Waals surface area contributed by atoms with Gasteiger partial charge in [0.15, 0.2) is 0 Å². The van der Waals surface area contributed by atoms with Crippen LogP contribution < -0.4 is 16.4 Å². The van der Waals surface area contributed by atoms with Crippen LogP contribution in [-0.2, 0) is 15.0 Å². The molecule has 0 unspecified atom stereocenters. The van der Waals surface area contributed by atoms with Crippen molar-refractivity contribution < 1.29 is 9.59 Å². The van der Waals surface area contributed by atoms with Crippen molar-refractivity contribution in [2.45, 2.75) is 43.2 Å². The van der Waals surface area contributed by atoms with Crippen LogP contribution in [0, 0.1) is 0 Å². The van der Waals surface area contributed by atoms with E-state index in [0.717, 1.165) is 37.1 Å². The highest BCUT2D eigenvalue weighted by atomic mass is 16.2. The van der Waals surface area contributed by atoms with Gasteiger partial charge in [-0.2, -0.15) is 0 Å². The molecule has 6 heteroatoms. The second kappa shape index (κ2) is 5.04. The van der Waals surface area contributed by atoms with E-state index in [-0.39, 0.29) is 29.3 Å². The number of amides is 2. The summed E-state index contributed by atoms with van der Waals surface area (Å²) < 4.78 is 0. The van der Waals surface area contributed by atoms with Crippen LogP contribution in [0.15, 0.2) is 24.3 Å². The molecule has 2 saturated heterocycles. The van der Waals surface area contributed by atoms with Gasteiger partial charge >= 0.3 is 0 Å². The van der Waals surface area contributed by atoms with E-state index >= 15 is 0 Å². The van der Waals surface area contributed by atoms with Crippen LogP contribution in [0.1, 0.15) is 31.2 Å². The molecule has 2 amide bonds. The first-order valence-electron chi connectivity index (χ1n) is 8.20. The maximum absolute atomic E-state index is 12.6. The van der Waals surface area contributed by atoms with Crippen molar-refractivity contribution in [2.24, 2.45) is 11.5 Å². The molecule has 4 rings (SSSR count). The van der Waals surface area contributed by atoms with E-state index in [2.05, 4.69) is 4.90 Å². The molecule has 3 aliphatic rings. The SMILES string of the molecule is NC(=O)CC1(c2ccc(N3CN4CC[C@@H](N)[C@H]4C3=O)cc2)CC1. The standard InChI is InChI=1S/C17H22N4O2/c18-13-5-8-20-10-21(16(23)15(13)20)12-3-1-11(2-4-12)17(6-7-17)9-14(19)22/h1-4,13,15H,5-10,18H2,(H2,19,22)/t13-,15+/m1/s1. The Balaban J connectivity index is 1.53. The van der Waals surface area contributed by atoms with Crippen molar-refractivity contribution in [1.29, 1.82) is 0 Å². The molecule has 0 spiro atoms. The molecule has 122 valence electrons. The number of hydrogen-bond donors (Lipinski definition) is 2. The van der Waals surface area contributed by atoms with Crippen LogP contribution in [0.3, 0.4) is 0 Å².